The molecule has 29 heavy (non-hydrogen) atoms. The number of ether oxygens (including phenoxy) is 1. The van der Waals surface area contributed by atoms with Crippen LogP contribution in [0.5, 0.6) is 0 Å². The van der Waals surface area contributed by atoms with Crippen molar-refractivity contribution in [2.24, 2.45) is 17.8 Å². The van der Waals surface area contributed by atoms with Crippen LogP contribution in [-0.2, 0) is 25.5 Å². The maximum Gasteiger partial charge on any atom is 0.307 e. The highest BCUT2D eigenvalue weighted by Crippen LogP contribution is 2.36. The van der Waals surface area contributed by atoms with E-state index in [0.717, 1.165) is 19.3 Å². The molecular weight excluding hydrogens is 376 g/mol. The summed E-state index contributed by atoms with van der Waals surface area (Å²) in [5, 5.41) is 13.5. The molecule has 0 saturated heterocycles. The summed E-state index contributed by atoms with van der Waals surface area (Å²) in [6.45, 7) is 3.09. The van der Waals surface area contributed by atoms with E-state index in [1.807, 2.05) is 12.1 Å². The summed E-state index contributed by atoms with van der Waals surface area (Å²) in [4.78, 5) is 46.5. The topological polar surface area (TPSA) is 116 Å². The number of ketones is 1. The smallest absolute Gasteiger partial charge is 0.307 e. The number of esters is 1. The van der Waals surface area contributed by atoms with E-state index < -0.39 is 35.2 Å². The van der Waals surface area contributed by atoms with Gasteiger partial charge in [0.25, 0.3) is 5.91 Å². The second kappa shape index (κ2) is 10.7. The highest BCUT2D eigenvalue weighted by atomic mass is 16.6. The number of carbonyl (C=O) groups is 3. The number of nitrogens with one attached hydrogen (secondary N) is 1. The van der Waals surface area contributed by atoms with Crippen molar-refractivity contribution in [3.05, 3.63) is 39.9 Å². The Hall–Kier alpha value is -2.77. The number of rotatable bonds is 10. The molecule has 1 N–H and O–H groups in total. The van der Waals surface area contributed by atoms with E-state index in [0.29, 0.717) is 5.69 Å². The Balaban J connectivity index is 1.80. The Bertz CT molecular complexity index is 746. The summed E-state index contributed by atoms with van der Waals surface area (Å²) in [5.74, 6) is -2.68. The Labute approximate surface area is 170 Å². The van der Waals surface area contributed by atoms with Gasteiger partial charge in [-0.05, 0) is 36.5 Å². The standard InChI is InChI=1S/C21H28N2O6/c1-3-4-5-15-6-8-16(9-7-15)22-20(25)13-29-21(26)11-17-18(12-23(27)28)14(2)10-19(17)24/h6-9,14,17-18H,3-5,10-13H2,1-2H3,(H,22,25)/t14-,17+,18+/m1/s1. The Morgan fingerprint density at radius 2 is 1.97 bits per heavy atom. The van der Waals surface area contributed by atoms with E-state index in [4.69, 9.17) is 4.74 Å². The van der Waals surface area contributed by atoms with E-state index in [1.54, 1.807) is 19.1 Å². The molecule has 1 aliphatic carbocycles. The summed E-state index contributed by atoms with van der Waals surface area (Å²) in [5.41, 5.74) is 1.80. The Morgan fingerprint density at radius 1 is 1.28 bits per heavy atom. The second-order valence-corrected chi connectivity index (χ2v) is 7.65. The van der Waals surface area contributed by atoms with E-state index in [2.05, 4.69) is 12.2 Å². The van der Waals surface area contributed by atoms with Crippen molar-refractivity contribution in [1.29, 1.82) is 0 Å². The monoisotopic (exact) mass is 404 g/mol. The predicted octanol–water partition coefficient (Wildman–Crippen LogP) is 3.02. The van der Waals surface area contributed by atoms with Crippen LogP contribution in [0.15, 0.2) is 24.3 Å². The van der Waals surface area contributed by atoms with Gasteiger partial charge in [0, 0.05) is 28.9 Å². The molecule has 1 fully saturated rings. The number of carbonyl (C=O) groups excluding carboxylic acids is 3. The Kier molecular flexibility index (Phi) is 8.30. The summed E-state index contributed by atoms with van der Waals surface area (Å²) < 4.78 is 4.98. The highest BCUT2D eigenvalue weighted by Gasteiger charge is 2.44. The number of aryl methyl sites for hydroxylation is 1. The lowest BCUT2D eigenvalue weighted by Crippen LogP contribution is -2.28. The molecule has 1 aromatic rings. The zero-order chi connectivity index (χ0) is 21.4. The van der Waals surface area contributed by atoms with Gasteiger partial charge in [0.1, 0.15) is 5.78 Å². The van der Waals surface area contributed by atoms with Gasteiger partial charge in [0.2, 0.25) is 6.54 Å². The fraction of sp³-hybridized carbons (Fsp3) is 0.571. The van der Waals surface area contributed by atoms with Crippen LogP contribution in [0.1, 0.15) is 45.1 Å². The number of hydrogen-bond acceptors (Lipinski definition) is 6. The third kappa shape index (κ3) is 6.96. The van der Waals surface area contributed by atoms with Crippen molar-refractivity contribution in [1.82, 2.24) is 0 Å². The quantitative estimate of drug-likeness (QED) is 0.364. The number of Topliss-reactive ketones (excluding diaryl/α,β-unsaturated/α-hetero) is 1. The zero-order valence-electron chi connectivity index (χ0n) is 16.9. The van der Waals surface area contributed by atoms with Gasteiger partial charge in [-0.1, -0.05) is 32.4 Å². The first-order chi connectivity index (χ1) is 13.8. The molecule has 0 radical (unpaired) electrons. The van der Waals surface area contributed by atoms with Crippen molar-refractivity contribution in [3.63, 3.8) is 0 Å². The minimum Gasteiger partial charge on any atom is -0.456 e. The predicted molar refractivity (Wildman–Crippen MR) is 107 cm³/mol. The number of nitrogens with zero attached hydrogens (tertiary/aromatic N) is 1. The number of unbranched alkanes of at least 4 members (excludes halogenated alkanes) is 1. The van der Waals surface area contributed by atoms with Crippen molar-refractivity contribution >= 4 is 23.3 Å². The average Bonchev–Trinajstić information content (AvgIpc) is 2.92. The second-order valence-electron chi connectivity index (χ2n) is 7.65. The van der Waals surface area contributed by atoms with E-state index in [9.17, 15) is 24.5 Å². The van der Waals surface area contributed by atoms with Gasteiger partial charge in [-0.15, -0.1) is 0 Å². The van der Waals surface area contributed by atoms with Gasteiger partial charge in [0.05, 0.1) is 6.42 Å². The van der Waals surface area contributed by atoms with Crippen LogP contribution in [0, 0.1) is 27.9 Å². The largest absolute Gasteiger partial charge is 0.456 e. The summed E-state index contributed by atoms with van der Waals surface area (Å²) in [6.07, 6.45) is 3.19. The lowest BCUT2D eigenvalue weighted by molar-refractivity contribution is -0.490. The molecule has 1 aliphatic rings. The van der Waals surface area contributed by atoms with Crippen molar-refractivity contribution in [2.75, 3.05) is 18.5 Å². The van der Waals surface area contributed by atoms with Gasteiger partial charge < -0.3 is 10.1 Å². The van der Waals surface area contributed by atoms with Crippen LogP contribution < -0.4 is 5.32 Å². The van der Waals surface area contributed by atoms with Crippen LogP contribution >= 0.6 is 0 Å². The number of nitro groups is 1. The van der Waals surface area contributed by atoms with E-state index >= 15 is 0 Å². The summed E-state index contributed by atoms with van der Waals surface area (Å²) in [7, 11) is 0. The molecule has 2 rings (SSSR count). The summed E-state index contributed by atoms with van der Waals surface area (Å²) in [6, 6.07) is 7.48. The van der Waals surface area contributed by atoms with Gasteiger partial charge in [-0.3, -0.25) is 24.5 Å². The first kappa shape index (κ1) is 22.5. The van der Waals surface area contributed by atoms with Gasteiger partial charge in [0.15, 0.2) is 6.61 Å². The van der Waals surface area contributed by atoms with Crippen LogP contribution in [0.4, 0.5) is 5.69 Å². The first-order valence-electron chi connectivity index (χ1n) is 9.99. The minimum atomic E-state index is -0.721. The summed E-state index contributed by atoms with van der Waals surface area (Å²) >= 11 is 0. The molecule has 1 aromatic carbocycles. The molecule has 8 heteroatoms. The molecule has 158 valence electrons. The molecule has 0 aromatic heterocycles. The van der Waals surface area contributed by atoms with Crippen molar-refractivity contribution in [3.8, 4) is 0 Å². The minimum absolute atomic E-state index is 0.144. The third-order valence-corrected chi connectivity index (χ3v) is 5.35. The van der Waals surface area contributed by atoms with E-state index in [1.165, 1.54) is 5.56 Å². The number of benzene rings is 1. The van der Waals surface area contributed by atoms with E-state index in [-0.39, 0.29) is 31.1 Å². The first-order valence-corrected chi connectivity index (χ1v) is 9.99. The molecule has 0 bridgehead atoms. The van der Waals surface area contributed by atoms with Gasteiger partial charge >= 0.3 is 5.97 Å². The maximum atomic E-state index is 12.1. The SMILES string of the molecule is CCCCc1ccc(NC(=O)COC(=O)C[C@@H]2C(=O)C[C@@H](C)[C@@H]2C[N+](=O)[O-])cc1. The molecule has 0 heterocycles. The fourth-order valence-corrected chi connectivity index (χ4v) is 3.72. The van der Waals surface area contributed by atoms with Crippen LogP contribution in [0.2, 0.25) is 0 Å². The normalized spacial score (nSPS) is 21.0. The maximum absolute atomic E-state index is 12.1. The van der Waals surface area contributed by atoms with Crippen LogP contribution in [-0.4, -0.2) is 35.7 Å². The number of anilines is 1. The lowest BCUT2D eigenvalue weighted by atomic mass is 9.88. The molecule has 1 saturated carbocycles. The molecule has 0 aliphatic heterocycles. The zero-order valence-corrected chi connectivity index (χ0v) is 16.9. The fourth-order valence-electron chi connectivity index (χ4n) is 3.72. The van der Waals surface area contributed by atoms with Crippen LogP contribution in [0.25, 0.3) is 0 Å². The molecule has 0 unspecified atom stereocenters. The third-order valence-electron chi connectivity index (χ3n) is 5.35. The van der Waals surface area contributed by atoms with Crippen molar-refractivity contribution < 1.29 is 24.0 Å². The average molecular weight is 404 g/mol. The number of amides is 1. The molecule has 3 atom stereocenters. The van der Waals surface area contributed by atoms with Crippen molar-refractivity contribution in [2.45, 2.75) is 46.0 Å². The molecule has 1 amide bonds. The van der Waals surface area contributed by atoms with Gasteiger partial charge in [-0.2, -0.15) is 0 Å². The van der Waals surface area contributed by atoms with Crippen LogP contribution in [0.3, 0.4) is 0 Å². The molecule has 0 spiro atoms. The van der Waals surface area contributed by atoms with Gasteiger partial charge in [-0.25, -0.2) is 0 Å². The lowest BCUT2D eigenvalue weighted by Gasteiger charge is -2.17. The number of hydrogen-bond donors (Lipinski definition) is 1. The Morgan fingerprint density at radius 3 is 2.59 bits per heavy atom. The highest BCUT2D eigenvalue weighted by molar-refractivity contribution is 5.93. The molecular formula is C21H28N2O6. The molecule has 8 nitrogen and oxygen atoms in total.